The van der Waals surface area contributed by atoms with E-state index in [4.69, 9.17) is 0 Å². The number of aromatic amines is 1. The van der Waals surface area contributed by atoms with Gasteiger partial charge in [0.25, 0.3) is 11.5 Å². The van der Waals surface area contributed by atoms with E-state index in [1.807, 2.05) is 0 Å². The molecule has 120 valence electrons. The summed E-state index contributed by atoms with van der Waals surface area (Å²) in [5.74, 6) is -0.671. The summed E-state index contributed by atoms with van der Waals surface area (Å²) >= 11 is 0. The molecule has 1 aliphatic rings. The van der Waals surface area contributed by atoms with Crippen LogP contribution in [0.5, 0.6) is 0 Å². The minimum absolute atomic E-state index is 0.110. The maximum atomic E-state index is 13.5. The maximum absolute atomic E-state index is 13.5. The molecule has 0 radical (unpaired) electrons. The highest BCUT2D eigenvalue weighted by molar-refractivity contribution is 5.94. The van der Waals surface area contributed by atoms with Crippen molar-refractivity contribution in [2.45, 2.75) is 13.0 Å². The van der Waals surface area contributed by atoms with Gasteiger partial charge >= 0.3 is 0 Å². The van der Waals surface area contributed by atoms with Gasteiger partial charge in [-0.2, -0.15) is 0 Å². The molecule has 3 rings (SSSR count). The molecule has 0 saturated carbocycles. The van der Waals surface area contributed by atoms with Crippen molar-refractivity contribution in [2.24, 2.45) is 0 Å². The van der Waals surface area contributed by atoms with Crippen LogP contribution in [0, 0.1) is 12.7 Å². The van der Waals surface area contributed by atoms with Gasteiger partial charge in [0.2, 0.25) is 0 Å². The number of aryl methyl sites for hydroxylation is 1. The van der Waals surface area contributed by atoms with Crippen molar-refractivity contribution in [2.75, 3.05) is 19.6 Å². The van der Waals surface area contributed by atoms with Crippen LogP contribution in [0.4, 0.5) is 4.39 Å². The zero-order valence-electron chi connectivity index (χ0n) is 12.8. The SMILES string of the molecule is Cc1ccc(C(=O)N2CCNCC2c2cccc(F)c2)c(=O)[nH]1. The molecule has 2 heterocycles. The maximum Gasteiger partial charge on any atom is 0.260 e. The van der Waals surface area contributed by atoms with Crippen LogP contribution in [0.2, 0.25) is 0 Å². The van der Waals surface area contributed by atoms with Gasteiger partial charge < -0.3 is 15.2 Å². The van der Waals surface area contributed by atoms with E-state index in [0.717, 1.165) is 0 Å². The first-order valence-electron chi connectivity index (χ1n) is 7.53. The summed E-state index contributed by atoms with van der Waals surface area (Å²) in [7, 11) is 0. The molecule has 1 aliphatic heterocycles. The first-order valence-corrected chi connectivity index (χ1v) is 7.53. The van der Waals surface area contributed by atoms with Gasteiger partial charge in [0.15, 0.2) is 0 Å². The number of carbonyl (C=O) groups excluding carboxylic acids is 1. The number of pyridine rings is 1. The summed E-state index contributed by atoms with van der Waals surface area (Å²) < 4.78 is 13.5. The van der Waals surface area contributed by atoms with Crippen molar-refractivity contribution in [1.29, 1.82) is 0 Å². The second-order valence-corrected chi connectivity index (χ2v) is 5.66. The van der Waals surface area contributed by atoms with Crippen LogP contribution < -0.4 is 10.9 Å². The first-order chi connectivity index (χ1) is 11.1. The summed E-state index contributed by atoms with van der Waals surface area (Å²) in [5.41, 5.74) is 1.13. The Kier molecular flexibility index (Phi) is 4.25. The number of nitrogens with one attached hydrogen (secondary N) is 2. The van der Waals surface area contributed by atoms with Gasteiger partial charge in [0.1, 0.15) is 11.4 Å². The average molecular weight is 315 g/mol. The van der Waals surface area contributed by atoms with Gasteiger partial charge in [-0.1, -0.05) is 12.1 Å². The predicted molar refractivity (Wildman–Crippen MR) is 84.8 cm³/mol. The summed E-state index contributed by atoms with van der Waals surface area (Å²) in [6.45, 7) is 3.39. The van der Waals surface area contributed by atoms with Gasteiger partial charge in [0.05, 0.1) is 6.04 Å². The molecule has 0 bridgehead atoms. The molecule has 23 heavy (non-hydrogen) atoms. The highest BCUT2D eigenvalue weighted by atomic mass is 19.1. The van der Waals surface area contributed by atoms with Gasteiger partial charge in [-0.15, -0.1) is 0 Å². The fourth-order valence-electron chi connectivity index (χ4n) is 2.85. The molecule has 2 N–H and O–H groups in total. The zero-order chi connectivity index (χ0) is 16.4. The van der Waals surface area contributed by atoms with Crippen molar-refractivity contribution >= 4 is 5.91 Å². The van der Waals surface area contributed by atoms with Crippen LogP contribution in [0.3, 0.4) is 0 Å². The Morgan fingerprint density at radius 3 is 2.87 bits per heavy atom. The van der Waals surface area contributed by atoms with Crippen molar-refractivity contribution in [3.8, 4) is 0 Å². The molecule has 2 aromatic rings. The number of hydrogen-bond acceptors (Lipinski definition) is 3. The van der Waals surface area contributed by atoms with Crippen molar-refractivity contribution in [1.82, 2.24) is 15.2 Å². The number of benzene rings is 1. The Morgan fingerprint density at radius 2 is 2.13 bits per heavy atom. The van der Waals surface area contributed by atoms with Crippen LogP contribution in [0.25, 0.3) is 0 Å². The number of rotatable bonds is 2. The van der Waals surface area contributed by atoms with E-state index in [2.05, 4.69) is 10.3 Å². The lowest BCUT2D eigenvalue weighted by molar-refractivity contribution is 0.0632. The smallest absolute Gasteiger partial charge is 0.260 e. The lowest BCUT2D eigenvalue weighted by Gasteiger charge is -2.36. The third-order valence-corrected chi connectivity index (χ3v) is 4.02. The molecule has 1 amide bonds. The number of hydrogen-bond donors (Lipinski definition) is 2. The monoisotopic (exact) mass is 315 g/mol. The Morgan fingerprint density at radius 1 is 1.30 bits per heavy atom. The molecule has 5 nitrogen and oxygen atoms in total. The molecular formula is C17H18FN3O2. The van der Waals surface area contributed by atoms with Crippen LogP contribution in [0.1, 0.15) is 27.7 Å². The molecular weight excluding hydrogens is 297 g/mol. The standard InChI is InChI=1S/C17H18FN3O2/c1-11-5-6-14(16(22)20-11)17(23)21-8-7-19-10-15(21)12-3-2-4-13(18)9-12/h2-6,9,15,19H,7-8,10H2,1H3,(H,20,22). The van der Waals surface area contributed by atoms with Crippen LogP contribution in [0.15, 0.2) is 41.2 Å². The summed E-state index contributed by atoms with van der Waals surface area (Å²) in [6.07, 6.45) is 0. The lowest BCUT2D eigenvalue weighted by Crippen LogP contribution is -2.49. The number of nitrogens with zero attached hydrogens (tertiary/aromatic N) is 1. The van der Waals surface area contributed by atoms with Crippen LogP contribution in [-0.4, -0.2) is 35.4 Å². The number of piperazine rings is 1. The van der Waals surface area contributed by atoms with Gasteiger partial charge in [-0.3, -0.25) is 9.59 Å². The largest absolute Gasteiger partial charge is 0.329 e. The van der Waals surface area contributed by atoms with E-state index in [9.17, 15) is 14.0 Å². The molecule has 1 aromatic carbocycles. The predicted octanol–water partition coefficient (Wildman–Crippen LogP) is 1.61. The van der Waals surface area contributed by atoms with E-state index < -0.39 is 5.56 Å². The summed E-state index contributed by atoms with van der Waals surface area (Å²) in [6, 6.07) is 9.16. The topological polar surface area (TPSA) is 65.2 Å². The minimum atomic E-state index is -0.397. The summed E-state index contributed by atoms with van der Waals surface area (Å²) in [5, 5.41) is 3.21. The Bertz CT molecular complexity index is 787. The van der Waals surface area contributed by atoms with E-state index in [1.165, 1.54) is 12.1 Å². The van der Waals surface area contributed by atoms with Crippen molar-refractivity contribution < 1.29 is 9.18 Å². The molecule has 6 heteroatoms. The fraction of sp³-hybridized carbons (Fsp3) is 0.294. The van der Waals surface area contributed by atoms with Crippen LogP contribution in [-0.2, 0) is 0 Å². The van der Waals surface area contributed by atoms with Gasteiger partial charge in [0, 0.05) is 25.3 Å². The number of H-pyrrole nitrogens is 1. The molecule has 1 fully saturated rings. The number of amides is 1. The summed E-state index contributed by atoms with van der Waals surface area (Å²) in [4.78, 5) is 29.1. The second kappa shape index (κ2) is 6.34. The Labute approximate surface area is 133 Å². The molecule has 0 aliphatic carbocycles. The van der Waals surface area contributed by atoms with Gasteiger partial charge in [-0.25, -0.2) is 4.39 Å². The first kappa shape index (κ1) is 15.4. The fourth-order valence-corrected chi connectivity index (χ4v) is 2.85. The van der Waals surface area contributed by atoms with E-state index in [-0.39, 0.29) is 23.3 Å². The highest BCUT2D eigenvalue weighted by Crippen LogP contribution is 2.24. The zero-order valence-corrected chi connectivity index (χ0v) is 12.8. The third kappa shape index (κ3) is 3.17. The van der Waals surface area contributed by atoms with Crippen LogP contribution >= 0.6 is 0 Å². The Hall–Kier alpha value is -2.47. The van der Waals surface area contributed by atoms with Crippen molar-refractivity contribution in [3.63, 3.8) is 0 Å². The average Bonchev–Trinajstić information content (AvgIpc) is 2.54. The molecule has 1 atom stereocenters. The van der Waals surface area contributed by atoms with E-state index in [1.54, 1.807) is 36.1 Å². The number of carbonyl (C=O) groups is 1. The highest BCUT2D eigenvalue weighted by Gasteiger charge is 2.30. The number of halogens is 1. The van der Waals surface area contributed by atoms with Gasteiger partial charge in [-0.05, 0) is 36.8 Å². The minimum Gasteiger partial charge on any atom is -0.329 e. The lowest BCUT2D eigenvalue weighted by atomic mass is 10.0. The third-order valence-electron chi connectivity index (χ3n) is 4.02. The molecule has 0 spiro atoms. The number of aromatic nitrogens is 1. The molecule has 1 unspecified atom stereocenters. The quantitative estimate of drug-likeness (QED) is 0.885. The van der Waals surface area contributed by atoms with Crippen molar-refractivity contribution in [3.05, 3.63) is 69.4 Å². The Balaban J connectivity index is 1.95. The van der Waals surface area contributed by atoms with E-state index >= 15 is 0 Å². The second-order valence-electron chi connectivity index (χ2n) is 5.66. The normalized spacial score (nSPS) is 18.0. The molecule has 1 saturated heterocycles. The molecule has 1 aromatic heterocycles. The van der Waals surface area contributed by atoms with E-state index in [0.29, 0.717) is 30.9 Å².